The van der Waals surface area contributed by atoms with Crippen LogP contribution in [0.3, 0.4) is 0 Å². The third kappa shape index (κ3) is 3.41. The van der Waals surface area contributed by atoms with Crippen LogP contribution in [0.4, 0.5) is 0 Å². The zero-order valence-electron chi connectivity index (χ0n) is 6.54. The van der Waals surface area contributed by atoms with Crippen LogP contribution in [0.25, 0.3) is 0 Å². The molecule has 0 fully saturated rings. The van der Waals surface area contributed by atoms with Gasteiger partial charge in [0.15, 0.2) is 0 Å². The first-order valence-electron chi connectivity index (χ1n) is 3.43. The van der Waals surface area contributed by atoms with Gasteiger partial charge in [-0.3, -0.25) is 4.79 Å². The fourth-order valence-electron chi connectivity index (χ4n) is 0.552. The van der Waals surface area contributed by atoms with Gasteiger partial charge in [-0.1, -0.05) is 19.6 Å². The van der Waals surface area contributed by atoms with Gasteiger partial charge in [0, 0.05) is 0 Å². The van der Waals surface area contributed by atoms with E-state index in [4.69, 9.17) is 5.26 Å². The highest BCUT2D eigenvalue weighted by Gasteiger charge is 2.15. The molecule has 0 rings (SSSR count). The van der Waals surface area contributed by atoms with Crippen LogP contribution in [-0.2, 0) is 9.53 Å². The van der Waals surface area contributed by atoms with Crippen LogP contribution in [0.15, 0.2) is 12.7 Å². The van der Waals surface area contributed by atoms with Crippen LogP contribution >= 0.6 is 0 Å². The van der Waals surface area contributed by atoms with Gasteiger partial charge in [-0.15, -0.1) is 0 Å². The number of ether oxygens (including phenoxy) is 1. The Morgan fingerprint density at radius 3 is 2.91 bits per heavy atom. The summed E-state index contributed by atoms with van der Waals surface area (Å²) >= 11 is 0. The Kier molecular flexibility index (Phi) is 4.83. The molecule has 0 aliphatic carbocycles. The first kappa shape index (κ1) is 9.70. The topological polar surface area (TPSA) is 50.1 Å². The molecule has 3 heteroatoms. The molecular formula is C8H11NO2. The van der Waals surface area contributed by atoms with Gasteiger partial charge in [-0.05, 0) is 6.42 Å². The zero-order valence-corrected chi connectivity index (χ0v) is 6.54. The molecule has 60 valence electrons. The van der Waals surface area contributed by atoms with E-state index in [1.54, 1.807) is 6.92 Å². The van der Waals surface area contributed by atoms with Crippen molar-refractivity contribution in [2.75, 3.05) is 6.61 Å². The Labute approximate surface area is 66.3 Å². The molecule has 0 heterocycles. The second-order valence-corrected chi connectivity index (χ2v) is 2.01. The minimum Gasteiger partial charge on any atom is -0.460 e. The van der Waals surface area contributed by atoms with Gasteiger partial charge in [0.2, 0.25) is 0 Å². The predicted molar refractivity (Wildman–Crippen MR) is 40.6 cm³/mol. The minimum absolute atomic E-state index is 0.178. The van der Waals surface area contributed by atoms with Crippen molar-refractivity contribution in [2.45, 2.75) is 13.3 Å². The number of nitrogens with zero attached hydrogens (tertiary/aromatic N) is 1. The predicted octanol–water partition coefficient (Wildman–Crippen LogP) is 1.27. The molecule has 0 aromatic heterocycles. The highest BCUT2D eigenvalue weighted by Crippen LogP contribution is 2.02. The van der Waals surface area contributed by atoms with Gasteiger partial charge < -0.3 is 4.74 Å². The van der Waals surface area contributed by atoms with E-state index in [1.165, 1.54) is 6.08 Å². The van der Waals surface area contributed by atoms with Gasteiger partial charge in [-0.25, -0.2) is 0 Å². The van der Waals surface area contributed by atoms with Crippen molar-refractivity contribution in [3.05, 3.63) is 12.7 Å². The number of hydrogen-bond donors (Lipinski definition) is 0. The van der Waals surface area contributed by atoms with Crippen LogP contribution in [0.1, 0.15) is 13.3 Å². The van der Waals surface area contributed by atoms with Gasteiger partial charge in [0.05, 0.1) is 6.07 Å². The summed E-state index contributed by atoms with van der Waals surface area (Å²) in [4.78, 5) is 10.9. The summed E-state index contributed by atoms with van der Waals surface area (Å²) in [5.74, 6) is -1.09. The summed E-state index contributed by atoms with van der Waals surface area (Å²) in [6.45, 7) is 5.33. The summed E-state index contributed by atoms with van der Waals surface area (Å²) < 4.78 is 4.66. The molecule has 0 aromatic rings. The maximum atomic E-state index is 10.9. The second-order valence-electron chi connectivity index (χ2n) is 2.01. The minimum atomic E-state index is -0.630. The molecule has 0 N–H and O–H groups in total. The summed E-state index contributed by atoms with van der Waals surface area (Å²) in [7, 11) is 0. The monoisotopic (exact) mass is 153 g/mol. The molecule has 11 heavy (non-hydrogen) atoms. The highest BCUT2D eigenvalue weighted by atomic mass is 16.5. The van der Waals surface area contributed by atoms with Crippen LogP contribution in [-0.4, -0.2) is 12.6 Å². The van der Waals surface area contributed by atoms with Crippen LogP contribution in [0, 0.1) is 17.2 Å². The van der Waals surface area contributed by atoms with Gasteiger partial charge in [0.1, 0.15) is 12.5 Å². The molecule has 0 aliphatic heterocycles. The molecule has 0 saturated heterocycles. The van der Waals surface area contributed by atoms with Crippen molar-refractivity contribution in [3.63, 3.8) is 0 Å². The first-order chi connectivity index (χ1) is 5.26. The van der Waals surface area contributed by atoms with Crippen LogP contribution in [0.2, 0.25) is 0 Å². The quantitative estimate of drug-likeness (QED) is 0.451. The lowest BCUT2D eigenvalue weighted by Gasteiger charge is -2.03. The Balaban J connectivity index is 3.81. The fraction of sp³-hybridized carbons (Fsp3) is 0.500. The maximum absolute atomic E-state index is 10.9. The van der Waals surface area contributed by atoms with Crippen molar-refractivity contribution in [3.8, 4) is 6.07 Å². The summed E-state index contributed by atoms with van der Waals surface area (Å²) in [6, 6.07) is 1.85. The number of carbonyl (C=O) groups excluding carboxylic acids is 1. The van der Waals surface area contributed by atoms with E-state index in [0.29, 0.717) is 6.42 Å². The number of esters is 1. The lowest BCUT2D eigenvalue weighted by atomic mass is 10.1. The summed E-state index contributed by atoms with van der Waals surface area (Å²) in [5.41, 5.74) is 0. The molecular weight excluding hydrogens is 142 g/mol. The van der Waals surface area contributed by atoms with Gasteiger partial charge in [-0.2, -0.15) is 5.26 Å². The van der Waals surface area contributed by atoms with E-state index < -0.39 is 11.9 Å². The Bertz CT molecular complexity index is 181. The third-order valence-corrected chi connectivity index (χ3v) is 1.19. The highest BCUT2D eigenvalue weighted by molar-refractivity contribution is 5.75. The van der Waals surface area contributed by atoms with Gasteiger partial charge >= 0.3 is 5.97 Å². The molecule has 1 atom stereocenters. The standard InChI is InChI=1S/C8H11NO2/c1-3-5-11-8(10)7(4-2)6-9/h3,7H,1,4-5H2,2H3. The van der Waals surface area contributed by atoms with E-state index in [1.807, 2.05) is 6.07 Å². The van der Waals surface area contributed by atoms with Gasteiger partial charge in [0.25, 0.3) is 0 Å². The average molecular weight is 153 g/mol. The van der Waals surface area contributed by atoms with Crippen LogP contribution < -0.4 is 0 Å². The molecule has 3 nitrogen and oxygen atoms in total. The van der Waals surface area contributed by atoms with Crippen molar-refractivity contribution in [1.82, 2.24) is 0 Å². The van der Waals surface area contributed by atoms with Crippen LogP contribution in [0.5, 0.6) is 0 Å². The second kappa shape index (κ2) is 5.48. The molecule has 1 unspecified atom stereocenters. The fourth-order valence-corrected chi connectivity index (χ4v) is 0.552. The smallest absolute Gasteiger partial charge is 0.323 e. The van der Waals surface area contributed by atoms with E-state index in [0.717, 1.165) is 0 Å². The maximum Gasteiger partial charge on any atom is 0.323 e. The lowest BCUT2D eigenvalue weighted by Crippen LogP contribution is -2.15. The van der Waals surface area contributed by atoms with Crippen molar-refractivity contribution >= 4 is 5.97 Å². The Morgan fingerprint density at radius 1 is 1.91 bits per heavy atom. The zero-order chi connectivity index (χ0) is 8.69. The number of hydrogen-bond acceptors (Lipinski definition) is 3. The molecule has 0 aliphatic rings. The average Bonchev–Trinajstić information content (AvgIpc) is 2.03. The van der Waals surface area contributed by atoms with E-state index in [2.05, 4.69) is 11.3 Å². The number of nitriles is 1. The Hall–Kier alpha value is -1.30. The number of carbonyl (C=O) groups is 1. The third-order valence-electron chi connectivity index (χ3n) is 1.19. The van der Waals surface area contributed by atoms with Crippen molar-refractivity contribution in [1.29, 1.82) is 5.26 Å². The van der Waals surface area contributed by atoms with Crippen molar-refractivity contribution < 1.29 is 9.53 Å². The van der Waals surface area contributed by atoms with Crippen molar-refractivity contribution in [2.24, 2.45) is 5.92 Å². The summed E-state index contributed by atoms with van der Waals surface area (Å²) in [6.07, 6.45) is 1.97. The summed E-state index contributed by atoms with van der Waals surface area (Å²) in [5, 5.41) is 8.42. The lowest BCUT2D eigenvalue weighted by molar-refractivity contribution is -0.145. The van der Waals surface area contributed by atoms with E-state index in [-0.39, 0.29) is 6.61 Å². The molecule has 0 radical (unpaired) electrons. The number of rotatable bonds is 4. The van der Waals surface area contributed by atoms with E-state index in [9.17, 15) is 4.79 Å². The molecule has 0 aromatic carbocycles. The Morgan fingerprint density at radius 2 is 2.55 bits per heavy atom. The molecule has 0 spiro atoms. The largest absolute Gasteiger partial charge is 0.460 e. The molecule has 0 bridgehead atoms. The normalized spacial score (nSPS) is 11.3. The SMILES string of the molecule is C=CCOC(=O)C(C#N)CC. The van der Waals surface area contributed by atoms with E-state index >= 15 is 0 Å². The molecule has 0 amide bonds. The first-order valence-corrected chi connectivity index (χ1v) is 3.43. The molecule has 0 saturated carbocycles.